The minimum atomic E-state index is 0.360. The van der Waals surface area contributed by atoms with Gasteiger partial charge in [0.25, 0.3) is 0 Å². The molecule has 1 saturated carbocycles. The van der Waals surface area contributed by atoms with E-state index in [4.69, 9.17) is 5.73 Å². The van der Waals surface area contributed by atoms with Gasteiger partial charge < -0.3 is 5.73 Å². The van der Waals surface area contributed by atoms with Crippen LogP contribution in [0.1, 0.15) is 44.4 Å². The lowest BCUT2D eigenvalue weighted by Gasteiger charge is -2.40. The van der Waals surface area contributed by atoms with E-state index in [1.54, 1.807) is 0 Å². The molecule has 1 heterocycles. The van der Waals surface area contributed by atoms with Gasteiger partial charge in [-0.05, 0) is 83.3 Å². The van der Waals surface area contributed by atoms with E-state index in [2.05, 4.69) is 41.2 Å². The van der Waals surface area contributed by atoms with E-state index < -0.39 is 0 Å². The first-order valence-corrected chi connectivity index (χ1v) is 8.65. The van der Waals surface area contributed by atoms with Crippen molar-refractivity contribution in [2.75, 3.05) is 6.54 Å². The van der Waals surface area contributed by atoms with Crippen LogP contribution in [0.4, 0.5) is 0 Å². The molecule has 0 spiro atoms. The zero-order valence-electron chi connectivity index (χ0n) is 11.4. The first kappa shape index (κ1) is 14.5. The highest BCUT2D eigenvalue weighted by Crippen LogP contribution is 2.44. The van der Waals surface area contributed by atoms with Crippen LogP contribution in [0.5, 0.6) is 0 Å². The lowest BCUT2D eigenvalue weighted by atomic mass is 9.66. The summed E-state index contributed by atoms with van der Waals surface area (Å²) >= 11 is 5.51. The Labute approximate surface area is 123 Å². The second kappa shape index (κ2) is 6.06. The monoisotopic (exact) mass is 329 g/mol. The topological polar surface area (TPSA) is 26.0 Å². The van der Waals surface area contributed by atoms with Gasteiger partial charge in [0.2, 0.25) is 0 Å². The third-order valence-corrected chi connectivity index (χ3v) is 6.62. The first-order chi connectivity index (χ1) is 8.56. The Morgan fingerprint density at radius 2 is 2.11 bits per heavy atom. The molecule has 0 amide bonds. The molecule has 2 N–H and O–H groups in total. The minimum Gasteiger partial charge on any atom is -0.330 e. The van der Waals surface area contributed by atoms with Gasteiger partial charge >= 0.3 is 0 Å². The molecular formula is C15H24BrNS. The van der Waals surface area contributed by atoms with Gasteiger partial charge in [0.15, 0.2) is 0 Å². The van der Waals surface area contributed by atoms with Gasteiger partial charge in [-0.15, -0.1) is 11.3 Å². The van der Waals surface area contributed by atoms with E-state index in [0.29, 0.717) is 5.41 Å². The smallest absolute Gasteiger partial charge is 0.0314 e. The SMILES string of the molecule is CC(C)C1CCC(CN)(Cc2sccc2Br)CC1. The van der Waals surface area contributed by atoms with Gasteiger partial charge in [0.05, 0.1) is 0 Å². The van der Waals surface area contributed by atoms with Crippen molar-refractivity contribution in [1.29, 1.82) is 0 Å². The largest absolute Gasteiger partial charge is 0.330 e. The van der Waals surface area contributed by atoms with Crippen molar-refractivity contribution in [3.05, 3.63) is 20.8 Å². The maximum absolute atomic E-state index is 6.12. The summed E-state index contributed by atoms with van der Waals surface area (Å²) in [7, 11) is 0. The van der Waals surface area contributed by atoms with Crippen molar-refractivity contribution in [2.24, 2.45) is 23.0 Å². The molecule has 0 aliphatic heterocycles. The summed E-state index contributed by atoms with van der Waals surface area (Å²) < 4.78 is 1.27. The van der Waals surface area contributed by atoms with Crippen molar-refractivity contribution in [1.82, 2.24) is 0 Å². The molecular weight excluding hydrogens is 306 g/mol. The van der Waals surface area contributed by atoms with Gasteiger partial charge in [0, 0.05) is 9.35 Å². The molecule has 1 nitrogen and oxygen atoms in total. The van der Waals surface area contributed by atoms with Crippen LogP contribution in [0, 0.1) is 17.3 Å². The molecule has 0 unspecified atom stereocenters. The Balaban J connectivity index is 2.03. The number of nitrogens with two attached hydrogens (primary N) is 1. The molecule has 0 bridgehead atoms. The Bertz CT molecular complexity index is 378. The van der Waals surface area contributed by atoms with Crippen LogP contribution in [0.3, 0.4) is 0 Å². The Morgan fingerprint density at radius 1 is 1.44 bits per heavy atom. The number of hydrogen-bond donors (Lipinski definition) is 1. The highest BCUT2D eigenvalue weighted by atomic mass is 79.9. The molecule has 1 aliphatic rings. The summed E-state index contributed by atoms with van der Waals surface area (Å²) in [6, 6.07) is 2.16. The summed E-state index contributed by atoms with van der Waals surface area (Å²) in [4.78, 5) is 1.48. The van der Waals surface area contributed by atoms with E-state index in [0.717, 1.165) is 24.8 Å². The van der Waals surface area contributed by atoms with Crippen molar-refractivity contribution < 1.29 is 0 Å². The van der Waals surface area contributed by atoms with E-state index in [1.807, 2.05) is 11.3 Å². The molecule has 1 fully saturated rings. The molecule has 2 rings (SSSR count). The number of thiophene rings is 1. The van der Waals surface area contributed by atoms with Crippen molar-refractivity contribution in [3.63, 3.8) is 0 Å². The van der Waals surface area contributed by atoms with Gasteiger partial charge in [-0.25, -0.2) is 0 Å². The second-order valence-corrected chi connectivity index (χ2v) is 8.01. The van der Waals surface area contributed by atoms with Gasteiger partial charge in [0.1, 0.15) is 0 Å². The third-order valence-electron chi connectivity index (χ3n) is 4.69. The average Bonchev–Trinajstić information content (AvgIpc) is 2.75. The summed E-state index contributed by atoms with van der Waals surface area (Å²) in [5.41, 5.74) is 6.48. The fourth-order valence-electron chi connectivity index (χ4n) is 3.16. The van der Waals surface area contributed by atoms with Crippen LogP contribution in [0.2, 0.25) is 0 Å². The van der Waals surface area contributed by atoms with Crippen LogP contribution in [0.25, 0.3) is 0 Å². The third kappa shape index (κ3) is 3.17. The van der Waals surface area contributed by atoms with E-state index in [9.17, 15) is 0 Å². The first-order valence-electron chi connectivity index (χ1n) is 6.98. The number of rotatable bonds is 4. The van der Waals surface area contributed by atoms with Crippen LogP contribution in [-0.4, -0.2) is 6.54 Å². The van der Waals surface area contributed by atoms with Crippen LogP contribution >= 0.6 is 27.3 Å². The average molecular weight is 330 g/mol. The van der Waals surface area contributed by atoms with Gasteiger partial charge in [-0.3, -0.25) is 0 Å². The normalized spacial score (nSPS) is 28.8. The lowest BCUT2D eigenvalue weighted by Crippen LogP contribution is -2.37. The molecule has 0 radical (unpaired) electrons. The summed E-state index contributed by atoms with van der Waals surface area (Å²) in [6.45, 7) is 5.55. The van der Waals surface area contributed by atoms with E-state index >= 15 is 0 Å². The fraction of sp³-hybridized carbons (Fsp3) is 0.733. The predicted molar refractivity (Wildman–Crippen MR) is 84.0 cm³/mol. The fourth-order valence-corrected chi connectivity index (χ4v) is 4.83. The van der Waals surface area contributed by atoms with Gasteiger partial charge in [-0.1, -0.05) is 13.8 Å². The standard InChI is InChI=1S/C15H24BrNS/c1-11(2)12-3-6-15(10-17,7-4-12)9-14-13(16)5-8-18-14/h5,8,11-12H,3-4,6-7,9-10,17H2,1-2H3. The molecule has 1 aromatic heterocycles. The molecule has 1 aliphatic carbocycles. The summed E-state index contributed by atoms with van der Waals surface area (Å²) in [6.07, 6.45) is 6.48. The summed E-state index contributed by atoms with van der Waals surface area (Å²) in [5, 5.41) is 2.17. The van der Waals surface area contributed by atoms with Crippen LogP contribution in [0.15, 0.2) is 15.9 Å². The van der Waals surface area contributed by atoms with Crippen LogP contribution < -0.4 is 5.73 Å². The zero-order chi connectivity index (χ0) is 13.2. The highest BCUT2D eigenvalue weighted by Gasteiger charge is 2.35. The molecule has 0 aromatic carbocycles. The Morgan fingerprint density at radius 3 is 2.56 bits per heavy atom. The lowest BCUT2D eigenvalue weighted by molar-refractivity contribution is 0.133. The molecule has 18 heavy (non-hydrogen) atoms. The number of hydrogen-bond acceptors (Lipinski definition) is 2. The zero-order valence-corrected chi connectivity index (χ0v) is 13.8. The maximum atomic E-state index is 6.12. The van der Waals surface area contributed by atoms with Gasteiger partial charge in [-0.2, -0.15) is 0 Å². The minimum absolute atomic E-state index is 0.360. The number of halogens is 1. The highest BCUT2D eigenvalue weighted by molar-refractivity contribution is 9.10. The van der Waals surface area contributed by atoms with E-state index in [1.165, 1.54) is 35.0 Å². The predicted octanol–water partition coefficient (Wildman–Crippen LogP) is 4.84. The van der Waals surface area contributed by atoms with Crippen LogP contribution in [-0.2, 0) is 6.42 Å². The molecule has 0 atom stereocenters. The van der Waals surface area contributed by atoms with E-state index in [-0.39, 0.29) is 0 Å². The molecule has 102 valence electrons. The Kier molecular flexibility index (Phi) is 4.90. The van der Waals surface area contributed by atoms with Crippen molar-refractivity contribution in [3.8, 4) is 0 Å². The maximum Gasteiger partial charge on any atom is 0.0314 e. The van der Waals surface area contributed by atoms with Crippen molar-refractivity contribution in [2.45, 2.75) is 46.0 Å². The Hall–Kier alpha value is 0.140. The van der Waals surface area contributed by atoms with Crippen molar-refractivity contribution >= 4 is 27.3 Å². The second-order valence-electron chi connectivity index (χ2n) is 6.15. The summed E-state index contributed by atoms with van der Waals surface area (Å²) in [5.74, 6) is 1.74. The quantitative estimate of drug-likeness (QED) is 0.839. The molecule has 0 saturated heterocycles. The molecule has 3 heteroatoms. The molecule has 1 aromatic rings.